The highest BCUT2D eigenvalue weighted by Gasteiger charge is 2.26. The highest BCUT2D eigenvalue weighted by atomic mass is 32.2. The monoisotopic (exact) mass is 302 g/mol. The fourth-order valence-electron chi connectivity index (χ4n) is 2.53. The SMILES string of the molecule is C=CCSc1cccc(/C=C(\C)C2NNC(=O)CC2C)c1. The molecule has 112 valence electrons. The highest BCUT2D eigenvalue weighted by molar-refractivity contribution is 7.99. The minimum absolute atomic E-state index is 0.0642. The minimum Gasteiger partial charge on any atom is -0.291 e. The van der Waals surface area contributed by atoms with E-state index >= 15 is 0 Å². The molecule has 2 N–H and O–H groups in total. The van der Waals surface area contributed by atoms with Crippen molar-refractivity contribution in [2.45, 2.75) is 31.2 Å². The van der Waals surface area contributed by atoms with Crippen molar-refractivity contribution in [1.82, 2.24) is 10.9 Å². The van der Waals surface area contributed by atoms with Gasteiger partial charge in [-0.3, -0.25) is 10.2 Å². The zero-order valence-electron chi connectivity index (χ0n) is 12.6. The van der Waals surface area contributed by atoms with E-state index in [2.05, 4.69) is 61.6 Å². The Kier molecular flexibility index (Phi) is 5.65. The van der Waals surface area contributed by atoms with E-state index in [0.29, 0.717) is 12.3 Å². The van der Waals surface area contributed by atoms with Crippen molar-refractivity contribution in [3.63, 3.8) is 0 Å². The molecule has 0 aromatic heterocycles. The standard InChI is InChI=1S/C17H22N2OS/c1-4-8-21-15-7-5-6-14(11-15)9-12(2)17-13(3)10-16(20)18-19-17/h4-7,9,11,13,17,19H,1,8,10H2,2-3H3,(H,18,20)/b12-9+. The highest BCUT2D eigenvalue weighted by Crippen LogP contribution is 2.23. The van der Waals surface area contributed by atoms with Crippen LogP contribution >= 0.6 is 11.8 Å². The van der Waals surface area contributed by atoms with Gasteiger partial charge in [-0.05, 0) is 30.5 Å². The van der Waals surface area contributed by atoms with Gasteiger partial charge in [0.25, 0.3) is 0 Å². The van der Waals surface area contributed by atoms with Gasteiger partial charge in [0.15, 0.2) is 0 Å². The van der Waals surface area contributed by atoms with Gasteiger partial charge in [-0.15, -0.1) is 18.3 Å². The second kappa shape index (κ2) is 7.48. The molecular weight excluding hydrogens is 280 g/mol. The van der Waals surface area contributed by atoms with Crippen LogP contribution in [-0.4, -0.2) is 17.7 Å². The predicted molar refractivity (Wildman–Crippen MR) is 89.9 cm³/mol. The summed E-state index contributed by atoms with van der Waals surface area (Å²) in [5.74, 6) is 1.28. The van der Waals surface area contributed by atoms with Gasteiger partial charge in [0.05, 0.1) is 6.04 Å². The molecule has 1 heterocycles. The maximum atomic E-state index is 11.3. The summed E-state index contributed by atoms with van der Waals surface area (Å²) >= 11 is 1.78. The molecule has 2 atom stereocenters. The van der Waals surface area contributed by atoms with E-state index in [1.807, 2.05) is 6.08 Å². The number of hydrazine groups is 1. The maximum absolute atomic E-state index is 11.3. The average Bonchev–Trinajstić information content (AvgIpc) is 2.45. The van der Waals surface area contributed by atoms with E-state index in [1.54, 1.807) is 11.8 Å². The van der Waals surface area contributed by atoms with Crippen LogP contribution in [0.1, 0.15) is 25.8 Å². The van der Waals surface area contributed by atoms with Crippen LogP contribution in [0, 0.1) is 5.92 Å². The van der Waals surface area contributed by atoms with Crippen LogP contribution in [0.3, 0.4) is 0 Å². The molecule has 21 heavy (non-hydrogen) atoms. The van der Waals surface area contributed by atoms with Crippen LogP contribution < -0.4 is 10.9 Å². The maximum Gasteiger partial charge on any atom is 0.234 e. The Morgan fingerprint density at radius 1 is 1.52 bits per heavy atom. The van der Waals surface area contributed by atoms with Gasteiger partial charge in [-0.1, -0.05) is 36.8 Å². The molecule has 2 rings (SSSR count). The number of thioether (sulfide) groups is 1. The molecule has 0 radical (unpaired) electrons. The molecule has 0 aliphatic carbocycles. The summed E-state index contributed by atoms with van der Waals surface area (Å²) in [7, 11) is 0. The first-order chi connectivity index (χ1) is 10.1. The lowest BCUT2D eigenvalue weighted by molar-refractivity contribution is -0.125. The molecule has 1 aromatic rings. The lowest BCUT2D eigenvalue weighted by Crippen LogP contribution is -2.53. The first-order valence-corrected chi connectivity index (χ1v) is 8.15. The van der Waals surface area contributed by atoms with Crippen LogP contribution in [-0.2, 0) is 4.79 Å². The van der Waals surface area contributed by atoms with Crippen LogP contribution in [0.2, 0.25) is 0 Å². The number of rotatable bonds is 5. The Hall–Kier alpha value is -1.52. The van der Waals surface area contributed by atoms with Gasteiger partial charge in [-0.25, -0.2) is 5.43 Å². The van der Waals surface area contributed by atoms with E-state index in [4.69, 9.17) is 0 Å². The summed E-state index contributed by atoms with van der Waals surface area (Å²) < 4.78 is 0. The van der Waals surface area contributed by atoms with Crippen LogP contribution in [0.25, 0.3) is 6.08 Å². The van der Waals surface area contributed by atoms with Crippen molar-refractivity contribution in [2.24, 2.45) is 5.92 Å². The molecule has 0 bridgehead atoms. The van der Waals surface area contributed by atoms with Crippen molar-refractivity contribution in [3.8, 4) is 0 Å². The van der Waals surface area contributed by atoms with Crippen LogP contribution in [0.5, 0.6) is 0 Å². The Morgan fingerprint density at radius 2 is 2.33 bits per heavy atom. The fraction of sp³-hybridized carbons (Fsp3) is 0.353. The normalized spacial score (nSPS) is 22.8. The number of hydrogen-bond donors (Lipinski definition) is 2. The lowest BCUT2D eigenvalue weighted by Gasteiger charge is -2.30. The molecular formula is C17H22N2OS. The van der Waals surface area contributed by atoms with Crippen molar-refractivity contribution in [3.05, 3.63) is 48.1 Å². The van der Waals surface area contributed by atoms with Crippen molar-refractivity contribution < 1.29 is 4.79 Å². The molecule has 4 heteroatoms. The summed E-state index contributed by atoms with van der Waals surface area (Å²) in [6.45, 7) is 7.95. The second-order valence-corrected chi connectivity index (χ2v) is 6.51. The Bertz CT molecular complexity index is 553. The number of benzene rings is 1. The zero-order valence-corrected chi connectivity index (χ0v) is 13.4. The molecule has 1 aromatic carbocycles. The van der Waals surface area contributed by atoms with Crippen LogP contribution in [0.4, 0.5) is 0 Å². The van der Waals surface area contributed by atoms with Gasteiger partial charge in [0.1, 0.15) is 0 Å². The van der Waals surface area contributed by atoms with Gasteiger partial charge in [0, 0.05) is 17.1 Å². The molecule has 1 amide bonds. The minimum atomic E-state index is 0.0642. The number of carbonyl (C=O) groups excluding carboxylic acids is 1. The predicted octanol–water partition coefficient (Wildman–Crippen LogP) is 3.40. The number of amides is 1. The zero-order chi connectivity index (χ0) is 15.2. The summed E-state index contributed by atoms with van der Waals surface area (Å²) in [5, 5.41) is 0. The van der Waals surface area contributed by atoms with Gasteiger partial charge >= 0.3 is 0 Å². The third-order valence-corrected chi connectivity index (χ3v) is 4.54. The third-order valence-electron chi connectivity index (χ3n) is 3.55. The summed E-state index contributed by atoms with van der Waals surface area (Å²) in [4.78, 5) is 12.6. The summed E-state index contributed by atoms with van der Waals surface area (Å²) in [6.07, 6.45) is 4.66. The third kappa shape index (κ3) is 4.48. The molecule has 1 saturated heterocycles. The molecule has 0 spiro atoms. The fourth-order valence-corrected chi connectivity index (χ4v) is 3.23. The van der Waals surface area contributed by atoms with E-state index in [9.17, 15) is 4.79 Å². The second-order valence-electron chi connectivity index (χ2n) is 5.41. The molecule has 0 saturated carbocycles. The van der Waals surface area contributed by atoms with Crippen molar-refractivity contribution in [1.29, 1.82) is 0 Å². The average molecular weight is 302 g/mol. The largest absolute Gasteiger partial charge is 0.291 e. The lowest BCUT2D eigenvalue weighted by atomic mass is 9.90. The van der Waals surface area contributed by atoms with Crippen LogP contribution in [0.15, 0.2) is 47.4 Å². The van der Waals surface area contributed by atoms with E-state index in [0.717, 1.165) is 5.75 Å². The Morgan fingerprint density at radius 3 is 3.05 bits per heavy atom. The van der Waals surface area contributed by atoms with E-state index in [-0.39, 0.29) is 11.9 Å². The van der Waals surface area contributed by atoms with E-state index < -0.39 is 0 Å². The molecule has 3 nitrogen and oxygen atoms in total. The van der Waals surface area contributed by atoms with Gasteiger partial charge < -0.3 is 0 Å². The quantitative estimate of drug-likeness (QED) is 0.647. The molecule has 2 unspecified atom stereocenters. The summed E-state index contributed by atoms with van der Waals surface area (Å²) in [6, 6.07) is 8.66. The molecule has 1 fully saturated rings. The van der Waals surface area contributed by atoms with Crippen molar-refractivity contribution >= 4 is 23.7 Å². The van der Waals surface area contributed by atoms with Gasteiger partial charge in [0.2, 0.25) is 5.91 Å². The first kappa shape index (κ1) is 15.9. The summed E-state index contributed by atoms with van der Waals surface area (Å²) in [5.41, 5.74) is 8.24. The smallest absolute Gasteiger partial charge is 0.234 e. The first-order valence-electron chi connectivity index (χ1n) is 7.16. The van der Waals surface area contributed by atoms with Gasteiger partial charge in [-0.2, -0.15) is 0 Å². The van der Waals surface area contributed by atoms with E-state index in [1.165, 1.54) is 16.0 Å². The van der Waals surface area contributed by atoms with Crippen molar-refractivity contribution in [2.75, 3.05) is 5.75 Å². The number of hydrogen-bond acceptors (Lipinski definition) is 3. The molecule has 1 aliphatic rings. The molecule has 1 aliphatic heterocycles. The Balaban J connectivity index is 2.11. The topological polar surface area (TPSA) is 41.1 Å². The number of carbonyl (C=O) groups is 1. The number of nitrogens with one attached hydrogen (secondary N) is 2. The Labute approximate surface area is 130 Å².